The zero-order chi connectivity index (χ0) is 53.3. The lowest BCUT2D eigenvalue weighted by Gasteiger charge is -2.26. The van der Waals surface area contributed by atoms with Gasteiger partial charge in [-0.3, -0.25) is 9.59 Å². The van der Waals surface area contributed by atoms with Crippen LogP contribution in [0.25, 0.3) is 12.2 Å². The highest BCUT2D eigenvalue weighted by Gasteiger charge is 2.36. The number of carbonyl (C=O) groups is 4. The molecular weight excluding hydrogens is 971 g/mol. The normalized spacial score (nSPS) is 13.0. The fraction of sp³-hybridized carbons (Fsp3) is 0.283. The average molecular weight is 1020 g/mol. The number of hydrogen-bond acceptors (Lipinski definition) is 14. The lowest BCUT2D eigenvalue weighted by Crippen LogP contribution is -2.38. The Balaban J connectivity index is 1.18. The molecule has 0 aromatic heterocycles. The van der Waals surface area contributed by atoms with E-state index in [1.165, 1.54) is 129 Å². The Kier molecular flexibility index (Phi) is 20.0. The highest BCUT2D eigenvalue weighted by molar-refractivity contribution is 6.01. The maximum atomic E-state index is 13.5. The molecule has 0 radical (unpaired) electrons. The maximum absolute atomic E-state index is 13.5. The Bertz CT molecular complexity index is 2560. The molecule has 20 heteroatoms. The second-order valence-electron chi connectivity index (χ2n) is 16.3. The van der Waals surface area contributed by atoms with E-state index in [-0.39, 0.29) is 101 Å². The van der Waals surface area contributed by atoms with Crippen LogP contribution in [0.3, 0.4) is 0 Å². The SMILES string of the molecule is COc1cc(C(=O)Oc2ccc(/C=C/C(=O)C(O)C(c3cc(N)cc(N)c3)C(O)C(=O)/C=C/c3ccc(OC(=O)c4ccc(OCCCCC(F)(F)F)c(OC)c4)cc3)cc2)ccc1OCCCCC(F)(F)F. The van der Waals surface area contributed by atoms with Crippen LogP contribution in [0.15, 0.2) is 115 Å². The number of anilines is 2. The molecule has 2 atom stereocenters. The van der Waals surface area contributed by atoms with Gasteiger partial charge in [0.1, 0.15) is 23.7 Å². The van der Waals surface area contributed by atoms with Gasteiger partial charge in [0.05, 0.1) is 44.5 Å². The summed E-state index contributed by atoms with van der Waals surface area (Å²) in [7, 11) is 2.67. The van der Waals surface area contributed by atoms with Crippen molar-refractivity contribution in [1.29, 1.82) is 0 Å². The van der Waals surface area contributed by atoms with Gasteiger partial charge in [-0.2, -0.15) is 26.3 Å². The number of benzene rings is 5. The van der Waals surface area contributed by atoms with E-state index in [0.29, 0.717) is 11.1 Å². The minimum atomic E-state index is -4.26. The molecular formula is C53H52F6N2O12. The molecule has 5 aromatic carbocycles. The predicted molar refractivity (Wildman–Crippen MR) is 258 cm³/mol. The van der Waals surface area contributed by atoms with E-state index in [4.69, 9.17) is 39.9 Å². The van der Waals surface area contributed by atoms with Crippen LogP contribution in [0.2, 0.25) is 0 Å². The third-order valence-corrected chi connectivity index (χ3v) is 10.7. The highest BCUT2D eigenvalue weighted by Crippen LogP contribution is 2.33. The van der Waals surface area contributed by atoms with Crippen LogP contribution in [-0.4, -0.2) is 85.7 Å². The smallest absolute Gasteiger partial charge is 0.389 e. The monoisotopic (exact) mass is 1020 g/mol. The van der Waals surface area contributed by atoms with Crippen molar-refractivity contribution in [3.05, 3.63) is 143 Å². The van der Waals surface area contributed by atoms with Crippen LogP contribution < -0.4 is 39.9 Å². The summed E-state index contributed by atoms with van der Waals surface area (Å²) in [6.07, 6.45) is -9.45. The summed E-state index contributed by atoms with van der Waals surface area (Å²) >= 11 is 0. The van der Waals surface area contributed by atoms with E-state index in [1.807, 2.05) is 0 Å². The quantitative estimate of drug-likeness (QED) is 0.0107. The first-order valence-corrected chi connectivity index (χ1v) is 22.5. The van der Waals surface area contributed by atoms with Crippen LogP contribution in [0.5, 0.6) is 34.5 Å². The first-order chi connectivity index (χ1) is 34.6. The number of methoxy groups -OCH3 is 2. The summed E-state index contributed by atoms with van der Waals surface area (Å²) in [5.41, 5.74) is 13.4. The summed E-state index contributed by atoms with van der Waals surface area (Å²) in [5, 5.41) is 22.8. The zero-order valence-electron chi connectivity index (χ0n) is 39.4. The summed E-state index contributed by atoms with van der Waals surface area (Å²) in [5.74, 6) is -3.82. The second kappa shape index (κ2) is 26.0. The molecule has 0 aliphatic carbocycles. The third-order valence-electron chi connectivity index (χ3n) is 10.7. The number of aliphatic hydroxyl groups is 2. The standard InChI is InChI=1S/C53H52F6N2O12/c1-68-45-29-34(13-21-43(45)70-25-5-3-23-52(54,55)56)50(66)72-39-15-7-32(8-16-39)11-19-41(62)48(64)47(36-27-37(60)31-38(61)28-36)49(65)42(63)20-12-33-9-17-40(18-10-33)73-51(67)35-14-22-44(46(30-35)69-2)71-26-6-4-24-53(57,58)59/h7-22,27-31,47-49,64-65H,3-6,23-26,60-61H2,1-2H3/b19-11+,20-12+. The van der Waals surface area contributed by atoms with E-state index in [2.05, 4.69) is 0 Å². The van der Waals surface area contributed by atoms with Crippen molar-refractivity contribution in [2.75, 3.05) is 38.9 Å². The molecule has 6 N–H and O–H groups in total. The Morgan fingerprint density at radius 2 is 0.918 bits per heavy atom. The fourth-order valence-corrected chi connectivity index (χ4v) is 7.01. The molecule has 0 amide bonds. The Morgan fingerprint density at radius 1 is 0.534 bits per heavy atom. The van der Waals surface area contributed by atoms with E-state index >= 15 is 0 Å². The Hall–Kier alpha value is -7.84. The average Bonchev–Trinajstić information content (AvgIpc) is 3.34. The number of nitrogen functional groups attached to an aromatic ring is 2. The minimum Gasteiger partial charge on any atom is -0.493 e. The number of nitrogens with two attached hydrogens (primary N) is 2. The summed E-state index contributed by atoms with van der Waals surface area (Å²) in [4.78, 5) is 52.8. The fourth-order valence-electron chi connectivity index (χ4n) is 7.01. The number of ketones is 2. The summed E-state index contributed by atoms with van der Waals surface area (Å²) in [6, 6.07) is 24.3. The number of esters is 2. The minimum absolute atomic E-state index is 0.00575. The molecule has 388 valence electrons. The van der Waals surface area contributed by atoms with E-state index in [9.17, 15) is 55.7 Å². The molecule has 0 saturated heterocycles. The van der Waals surface area contributed by atoms with Crippen LogP contribution in [-0.2, 0) is 9.59 Å². The summed E-state index contributed by atoms with van der Waals surface area (Å²) in [6.45, 7) is 0.0115. The number of carbonyl (C=O) groups excluding carboxylic acids is 4. The predicted octanol–water partition coefficient (Wildman–Crippen LogP) is 9.90. The van der Waals surface area contributed by atoms with Gasteiger partial charge in [0.2, 0.25) is 0 Å². The van der Waals surface area contributed by atoms with Gasteiger partial charge < -0.3 is 50.1 Å². The first kappa shape index (κ1) is 56.1. The van der Waals surface area contributed by atoms with Crippen molar-refractivity contribution in [1.82, 2.24) is 0 Å². The van der Waals surface area contributed by atoms with Crippen molar-refractivity contribution in [3.63, 3.8) is 0 Å². The van der Waals surface area contributed by atoms with Crippen LogP contribution in [0.1, 0.15) is 81.8 Å². The van der Waals surface area contributed by atoms with Crippen molar-refractivity contribution in [2.45, 2.75) is 69.0 Å². The molecule has 0 bridgehead atoms. The number of ether oxygens (including phenoxy) is 6. The lowest BCUT2D eigenvalue weighted by atomic mass is 9.83. The van der Waals surface area contributed by atoms with E-state index in [0.717, 1.165) is 12.2 Å². The molecule has 73 heavy (non-hydrogen) atoms. The van der Waals surface area contributed by atoms with Gasteiger partial charge >= 0.3 is 24.3 Å². The molecule has 0 saturated carbocycles. The number of rotatable bonds is 25. The van der Waals surface area contributed by atoms with Crippen LogP contribution in [0.4, 0.5) is 37.7 Å². The number of aliphatic hydroxyl groups excluding tert-OH is 2. The number of alkyl halides is 6. The van der Waals surface area contributed by atoms with E-state index in [1.54, 1.807) is 0 Å². The number of halogens is 6. The molecule has 5 rings (SSSR count). The van der Waals surface area contributed by atoms with Gasteiger partial charge in [-0.15, -0.1) is 0 Å². The van der Waals surface area contributed by atoms with Crippen molar-refractivity contribution in [3.8, 4) is 34.5 Å². The number of unbranched alkanes of at least 4 members (excludes halogenated alkanes) is 2. The van der Waals surface area contributed by atoms with Crippen molar-refractivity contribution in [2.24, 2.45) is 0 Å². The largest absolute Gasteiger partial charge is 0.493 e. The molecule has 14 nitrogen and oxygen atoms in total. The second-order valence-corrected chi connectivity index (χ2v) is 16.3. The van der Waals surface area contributed by atoms with Crippen LogP contribution >= 0.6 is 0 Å². The molecule has 0 spiro atoms. The van der Waals surface area contributed by atoms with Crippen molar-refractivity contribution >= 4 is 47.0 Å². The van der Waals surface area contributed by atoms with Gasteiger partial charge in [0.15, 0.2) is 34.6 Å². The van der Waals surface area contributed by atoms with E-state index < -0.39 is 66.8 Å². The lowest BCUT2D eigenvalue weighted by molar-refractivity contribution is -0.136. The Morgan fingerprint density at radius 3 is 1.27 bits per heavy atom. The van der Waals surface area contributed by atoms with Gasteiger partial charge in [-0.25, -0.2) is 9.59 Å². The third kappa shape index (κ3) is 17.8. The molecule has 2 unspecified atom stereocenters. The Labute approximate surface area is 415 Å². The molecule has 5 aromatic rings. The van der Waals surface area contributed by atoms with Crippen molar-refractivity contribution < 1.29 is 84.2 Å². The molecule has 0 aliphatic rings. The van der Waals surface area contributed by atoms with Gasteiger partial charge in [-0.05, 0) is 133 Å². The maximum Gasteiger partial charge on any atom is 0.389 e. The topological polar surface area (TPSA) is 216 Å². The first-order valence-electron chi connectivity index (χ1n) is 22.5. The summed E-state index contributed by atoms with van der Waals surface area (Å²) < 4.78 is 107. The molecule has 0 heterocycles. The van der Waals surface area contributed by atoms with Gasteiger partial charge in [-0.1, -0.05) is 36.4 Å². The number of hydrogen-bond donors (Lipinski definition) is 4. The highest BCUT2D eigenvalue weighted by atomic mass is 19.4. The van der Waals surface area contributed by atoms with Gasteiger partial charge in [0, 0.05) is 24.2 Å². The molecule has 0 fully saturated rings. The van der Waals surface area contributed by atoms with Gasteiger partial charge in [0.25, 0.3) is 0 Å². The zero-order valence-corrected chi connectivity index (χ0v) is 39.4. The molecule has 0 aliphatic heterocycles. The van der Waals surface area contributed by atoms with Crippen LogP contribution in [0, 0.1) is 0 Å².